The standard InChI is InChI=1S/C26H35N5OSi/c1-33(2,3)17-16-32-20-31-11-9-23-25(8-10-27-26(23)31)30-14-12-29(13-15-30)19-22-18-21-6-4-5-7-24(21)28-22/h4-11,18,28H,12-17,19-20H2,1-3H3. The fourth-order valence-electron chi connectivity index (χ4n) is 4.60. The Morgan fingerprint density at radius 2 is 1.85 bits per heavy atom. The SMILES string of the molecule is C[Si](C)(C)CCOCn1ccc2c(N3CCN(Cc4cc5ccccc5[nH]4)CC3)ccnc21. The molecule has 1 fully saturated rings. The first-order valence-electron chi connectivity index (χ1n) is 12.0. The van der Waals surface area contributed by atoms with Crippen LogP contribution in [0.5, 0.6) is 0 Å². The van der Waals surface area contributed by atoms with Crippen LogP contribution in [0.2, 0.25) is 25.7 Å². The fraction of sp³-hybridized carbons (Fsp3) is 0.423. The predicted octanol–water partition coefficient (Wildman–Crippen LogP) is 5.15. The summed E-state index contributed by atoms with van der Waals surface area (Å²) in [7, 11) is -1.07. The first-order valence-corrected chi connectivity index (χ1v) is 15.7. The second-order valence-electron chi connectivity index (χ2n) is 10.3. The second-order valence-corrected chi connectivity index (χ2v) is 16.0. The van der Waals surface area contributed by atoms with E-state index in [1.165, 1.54) is 33.7 Å². The van der Waals surface area contributed by atoms with Gasteiger partial charge in [0.2, 0.25) is 0 Å². The van der Waals surface area contributed by atoms with E-state index >= 15 is 0 Å². The third-order valence-corrected chi connectivity index (χ3v) is 8.26. The second kappa shape index (κ2) is 9.33. The van der Waals surface area contributed by atoms with Gasteiger partial charge in [0, 0.05) is 82.1 Å². The summed E-state index contributed by atoms with van der Waals surface area (Å²) in [6.45, 7) is 13.7. The molecule has 1 aliphatic rings. The number of para-hydroxylation sites is 1. The molecule has 0 amide bonds. The Hall–Kier alpha value is -2.61. The molecule has 4 aromatic rings. The highest BCUT2D eigenvalue weighted by Crippen LogP contribution is 2.27. The van der Waals surface area contributed by atoms with E-state index in [1.807, 2.05) is 6.20 Å². The Morgan fingerprint density at radius 3 is 2.64 bits per heavy atom. The summed E-state index contributed by atoms with van der Waals surface area (Å²) in [5.74, 6) is 0. The van der Waals surface area contributed by atoms with E-state index in [9.17, 15) is 0 Å². The summed E-state index contributed by atoms with van der Waals surface area (Å²) in [5.41, 5.74) is 4.81. The lowest BCUT2D eigenvalue weighted by Gasteiger charge is -2.36. The molecule has 6 nitrogen and oxygen atoms in total. The van der Waals surface area contributed by atoms with Crippen LogP contribution in [0.3, 0.4) is 0 Å². The Bertz CT molecular complexity index is 1180. The zero-order valence-corrected chi connectivity index (χ0v) is 21.1. The molecule has 5 rings (SSSR count). The summed E-state index contributed by atoms with van der Waals surface area (Å²) in [6, 6.07) is 16.3. The van der Waals surface area contributed by atoms with E-state index in [4.69, 9.17) is 4.74 Å². The number of H-pyrrole nitrogens is 1. The molecule has 0 atom stereocenters. The first-order chi connectivity index (χ1) is 16.0. The van der Waals surface area contributed by atoms with Crippen LogP contribution in [0, 0.1) is 0 Å². The highest BCUT2D eigenvalue weighted by atomic mass is 28.3. The van der Waals surface area contributed by atoms with Gasteiger partial charge in [-0.25, -0.2) is 4.98 Å². The molecule has 1 aliphatic heterocycles. The Morgan fingerprint density at radius 1 is 1.03 bits per heavy atom. The van der Waals surface area contributed by atoms with Crippen molar-refractivity contribution in [3.63, 3.8) is 0 Å². The normalized spacial score (nSPS) is 15.7. The number of fused-ring (bicyclic) bond motifs is 2. The maximum Gasteiger partial charge on any atom is 0.143 e. The Kier molecular flexibility index (Phi) is 6.27. The molecule has 1 saturated heterocycles. The minimum atomic E-state index is -1.07. The van der Waals surface area contributed by atoms with Gasteiger partial charge in [0.1, 0.15) is 12.4 Å². The van der Waals surface area contributed by atoms with E-state index in [0.29, 0.717) is 6.73 Å². The van der Waals surface area contributed by atoms with Crippen molar-refractivity contribution in [1.82, 2.24) is 19.4 Å². The van der Waals surface area contributed by atoms with Gasteiger partial charge >= 0.3 is 0 Å². The van der Waals surface area contributed by atoms with Crippen LogP contribution in [0.25, 0.3) is 21.9 Å². The van der Waals surface area contributed by atoms with E-state index < -0.39 is 8.07 Å². The zero-order valence-electron chi connectivity index (χ0n) is 20.1. The maximum absolute atomic E-state index is 5.97. The third kappa shape index (κ3) is 5.16. The topological polar surface area (TPSA) is 49.3 Å². The van der Waals surface area contributed by atoms with Crippen molar-refractivity contribution in [2.24, 2.45) is 0 Å². The maximum atomic E-state index is 5.97. The summed E-state index contributed by atoms with van der Waals surface area (Å²) in [4.78, 5) is 13.3. The van der Waals surface area contributed by atoms with E-state index in [1.54, 1.807) is 0 Å². The largest absolute Gasteiger partial charge is 0.368 e. The van der Waals surface area contributed by atoms with Crippen molar-refractivity contribution < 1.29 is 4.74 Å². The molecule has 0 bridgehead atoms. The van der Waals surface area contributed by atoms with Crippen molar-refractivity contribution in [2.45, 2.75) is 39.0 Å². The van der Waals surface area contributed by atoms with Crippen LogP contribution in [0.1, 0.15) is 5.69 Å². The first kappa shape index (κ1) is 22.2. The van der Waals surface area contributed by atoms with Crippen LogP contribution >= 0.6 is 0 Å². The van der Waals surface area contributed by atoms with Crippen molar-refractivity contribution >= 4 is 35.7 Å². The molecule has 0 spiro atoms. The third-order valence-electron chi connectivity index (χ3n) is 6.56. The highest BCUT2D eigenvalue weighted by Gasteiger charge is 2.20. The summed E-state index contributed by atoms with van der Waals surface area (Å²) in [6.07, 6.45) is 4.05. The molecule has 1 aromatic carbocycles. The molecule has 0 radical (unpaired) electrons. The van der Waals surface area contributed by atoms with Crippen LogP contribution in [-0.4, -0.2) is 60.3 Å². The number of aromatic nitrogens is 3. The average Bonchev–Trinajstić information content (AvgIpc) is 3.40. The fourth-order valence-corrected chi connectivity index (χ4v) is 5.36. The van der Waals surface area contributed by atoms with Gasteiger partial charge in [0.25, 0.3) is 0 Å². The number of hydrogen-bond acceptors (Lipinski definition) is 4. The van der Waals surface area contributed by atoms with Gasteiger partial charge in [0.15, 0.2) is 0 Å². The monoisotopic (exact) mass is 461 g/mol. The smallest absolute Gasteiger partial charge is 0.143 e. The van der Waals surface area contributed by atoms with Crippen LogP contribution in [0.4, 0.5) is 5.69 Å². The van der Waals surface area contributed by atoms with Crippen LogP contribution in [-0.2, 0) is 18.0 Å². The summed E-state index contributed by atoms with van der Waals surface area (Å²) >= 11 is 0. The molecular formula is C26H35N5OSi. The van der Waals surface area contributed by atoms with Crippen molar-refractivity contribution in [2.75, 3.05) is 37.7 Å². The lowest BCUT2D eigenvalue weighted by Crippen LogP contribution is -2.46. The number of nitrogens with one attached hydrogen (secondary N) is 1. The number of hydrogen-bond donors (Lipinski definition) is 1. The van der Waals surface area contributed by atoms with Gasteiger partial charge in [-0.3, -0.25) is 4.90 Å². The molecule has 0 saturated carbocycles. The molecule has 7 heteroatoms. The zero-order chi connectivity index (χ0) is 22.8. The number of benzene rings is 1. The number of aromatic amines is 1. The molecule has 3 aromatic heterocycles. The van der Waals surface area contributed by atoms with Crippen molar-refractivity contribution in [3.05, 3.63) is 60.6 Å². The molecular weight excluding hydrogens is 426 g/mol. The van der Waals surface area contributed by atoms with Gasteiger partial charge in [-0.1, -0.05) is 37.8 Å². The molecule has 0 unspecified atom stereocenters. The number of nitrogens with zero attached hydrogens (tertiary/aromatic N) is 4. The molecule has 1 N–H and O–H groups in total. The minimum Gasteiger partial charge on any atom is -0.368 e. The Balaban J connectivity index is 1.21. The summed E-state index contributed by atoms with van der Waals surface area (Å²) in [5, 5.41) is 2.51. The van der Waals surface area contributed by atoms with E-state index in [0.717, 1.165) is 45.0 Å². The number of piperazine rings is 1. The van der Waals surface area contributed by atoms with Crippen molar-refractivity contribution in [1.29, 1.82) is 0 Å². The molecule has 174 valence electrons. The van der Waals surface area contributed by atoms with E-state index in [2.05, 4.69) is 92.6 Å². The van der Waals surface area contributed by atoms with E-state index in [-0.39, 0.29) is 0 Å². The van der Waals surface area contributed by atoms with Crippen LogP contribution < -0.4 is 4.90 Å². The van der Waals surface area contributed by atoms with Crippen LogP contribution in [0.15, 0.2) is 54.9 Å². The highest BCUT2D eigenvalue weighted by molar-refractivity contribution is 6.76. The lowest BCUT2D eigenvalue weighted by molar-refractivity contribution is 0.0899. The number of ether oxygens (including phenoxy) is 1. The number of rotatable bonds is 8. The lowest BCUT2D eigenvalue weighted by atomic mass is 10.2. The van der Waals surface area contributed by atoms with Gasteiger partial charge in [-0.05, 0) is 35.7 Å². The molecule has 0 aliphatic carbocycles. The van der Waals surface area contributed by atoms with Gasteiger partial charge in [-0.2, -0.15) is 0 Å². The quantitative estimate of drug-likeness (QED) is 0.291. The van der Waals surface area contributed by atoms with Gasteiger partial charge in [-0.15, -0.1) is 0 Å². The minimum absolute atomic E-state index is 0.572. The van der Waals surface area contributed by atoms with Gasteiger partial charge < -0.3 is 19.2 Å². The predicted molar refractivity (Wildman–Crippen MR) is 140 cm³/mol. The average molecular weight is 462 g/mol. The molecule has 33 heavy (non-hydrogen) atoms. The number of pyridine rings is 1. The molecule has 4 heterocycles. The Labute approximate surface area is 197 Å². The van der Waals surface area contributed by atoms with Crippen molar-refractivity contribution in [3.8, 4) is 0 Å². The van der Waals surface area contributed by atoms with Gasteiger partial charge in [0.05, 0.1) is 0 Å². The number of anilines is 1. The summed E-state index contributed by atoms with van der Waals surface area (Å²) < 4.78 is 8.11.